The average molecular weight is 500 g/mol. The van der Waals surface area contributed by atoms with Crippen molar-refractivity contribution in [2.45, 2.75) is 39.3 Å². The number of carbonyl (C=O) groups is 1. The molecular formula is C23H26ClN7O4. The van der Waals surface area contributed by atoms with Gasteiger partial charge in [0.1, 0.15) is 0 Å². The van der Waals surface area contributed by atoms with Crippen LogP contribution in [-0.2, 0) is 32.0 Å². The third-order valence-corrected chi connectivity index (χ3v) is 6.08. The van der Waals surface area contributed by atoms with Crippen LogP contribution in [0.25, 0.3) is 22.6 Å². The van der Waals surface area contributed by atoms with Gasteiger partial charge in [0.2, 0.25) is 17.7 Å². The summed E-state index contributed by atoms with van der Waals surface area (Å²) in [5.74, 6) is 0.568. The molecule has 184 valence electrons. The minimum Gasteiger partial charge on any atom is -0.419 e. The number of fused-ring (bicyclic) bond motifs is 1. The van der Waals surface area contributed by atoms with Gasteiger partial charge in [0, 0.05) is 33.6 Å². The molecule has 0 aliphatic carbocycles. The van der Waals surface area contributed by atoms with E-state index in [0.29, 0.717) is 53.0 Å². The Bertz CT molecular complexity index is 1480. The van der Waals surface area contributed by atoms with E-state index in [1.807, 2.05) is 19.1 Å². The van der Waals surface area contributed by atoms with Crippen molar-refractivity contribution in [3.63, 3.8) is 0 Å². The van der Waals surface area contributed by atoms with Gasteiger partial charge in [0.25, 0.3) is 5.56 Å². The van der Waals surface area contributed by atoms with E-state index in [9.17, 15) is 14.4 Å². The summed E-state index contributed by atoms with van der Waals surface area (Å²) < 4.78 is 9.83. The molecule has 0 aliphatic rings. The highest BCUT2D eigenvalue weighted by Gasteiger charge is 2.19. The topological polar surface area (TPSA) is 121 Å². The molecule has 3 aromatic heterocycles. The number of halogens is 1. The maximum atomic E-state index is 13.0. The van der Waals surface area contributed by atoms with E-state index in [2.05, 4.69) is 15.2 Å². The quantitative estimate of drug-likeness (QED) is 0.346. The molecule has 0 spiro atoms. The van der Waals surface area contributed by atoms with Gasteiger partial charge in [0.15, 0.2) is 11.2 Å². The van der Waals surface area contributed by atoms with Gasteiger partial charge in [0.05, 0.1) is 23.5 Å². The zero-order chi connectivity index (χ0) is 25.1. The monoisotopic (exact) mass is 499 g/mol. The molecule has 0 saturated heterocycles. The number of carbonyl (C=O) groups excluding carboxylic acids is 1. The maximum absolute atomic E-state index is 13.0. The largest absolute Gasteiger partial charge is 0.419 e. The van der Waals surface area contributed by atoms with Crippen molar-refractivity contribution < 1.29 is 9.21 Å². The molecule has 35 heavy (non-hydrogen) atoms. The van der Waals surface area contributed by atoms with Crippen LogP contribution in [0.3, 0.4) is 0 Å². The van der Waals surface area contributed by atoms with Crippen molar-refractivity contribution in [1.29, 1.82) is 0 Å². The first-order valence-corrected chi connectivity index (χ1v) is 11.7. The Kier molecular flexibility index (Phi) is 7.15. The van der Waals surface area contributed by atoms with Gasteiger partial charge in [-0.15, -0.1) is 10.2 Å². The van der Waals surface area contributed by atoms with E-state index < -0.39 is 11.2 Å². The number of imidazole rings is 1. The number of hydrogen-bond donors (Lipinski definition) is 0. The predicted molar refractivity (Wildman–Crippen MR) is 130 cm³/mol. The summed E-state index contributed by atoms with van der Waals surface area (Å²) in [6, 6.07) is 7.18. The lowest BCUT2D eigenvalue weighted by molar-refractivity contribution is -0.132. The van der Waals surface area contributed by atoms with E-state index in [1.165, 1.54) is 17.9 Å². The fraction of sp³-hybridized carbons (Fsp3) is 0.391. The molecule has 0 radical (unpaired) electrons. The van der Waals surface area contributed by atoms with Gasteiger partial charge in [-0.25, -0.2) is 9.78 Å². The Balaban J connectivity index is 1.43. The molecule has 1 amide bonds. The van der Waals surface area contributed by atoms with Crippen LogP contribution >= 0.6 is 11.6 Å². The van der Waals surface area contributed by atoms with Crippen LogP contribution in [0.5, 0.6) is 0 Å². The summed E-state index contributed by atoms with van der Waals surface area (Å²) in [6.45, 7) is 3.13. The molecule has 0 N–H and O–H groups in total. The van der Waals surface area contributed by atoms with Crippen molar-refractivity contribution >= 4 is 28.7 Å². The number of aryl methyl sites for hydroxylation is 2. The molecule has 11 nitrogen and oxygen atoms in total. The summed E-state index contributed by atoms with van der Waals surface area (Å²) in [7, 11) is 3.00. The Hall–Kier alpha value is -3.73. The Morgan fingerprint density at radius 3 is 2.66 bits per heavy atom. The molecular weight excluding hydrogens is 474 g/mol. The molecule has 1 aromatic carbocycles. The second-order valence-electron chi connectivity index (χ2n) is 8.22. The highest BCUT2D eigenvalue weighted by Crippen LogP contribution is 2.26. The van der Waals surface area contributed by atoms with E-state index in [0.717, 1.165) is 11.0 Å². The number of rotatable bonds is 9. The van der Waals surface area contributed by atoms with Crippen LogP contribution in [0.1, 0.15) is 32.1 Å². The fourth-order valence-corrected chi connectivity index (χ4v) is 4.13. The number of aromatic nitrogens is 6. The van der Waals surface area contributed by atoms with Crippen LogP contribution < -0.4 is 11.2 Å². The Morgan fingerprint density at radius 1 is 1.14 bits per heavy atom. The molecule has 0 bridgehead atoms. The van der Waals surface area contributed by atoms with Crippen LogP contribution in [0.4, 0.5) is 0 Å². The fourth-order valence-electron chi connectivity index (χ4n) is 3.91. The van der Waals surface area contributed by atoms with Gasteiger partial charge < -0.3 is 13.9 Å². The van der Waals surface area contributed by atoms with Crippen molar-refractivity contribution in [2.75, 3.05) is 6.54 Å². The second-order valence-corrected chi connectivity index (χ2v) is 8.62. The molecule has 0 atom stereocenters. The van der Waals surface area contributed by atoms with Gasteiger partial charge in [-0.2, -0.15) is 0 Å². The summed E-state index contributed by atoms with van der Waals surface area (Å²) in [6.07, 6.45) is 3.05. The molecule has 0 aliphatic heterocycles. The van der Waals surface area contributed by atoms with Gasteiger partial charge in [-0.3, -0.25) is 18.7 Å². The number of nitrogens with zero attached hydrogens (tertiary/aromatic N) is 7. The lowest BCUT2D eigenvalue weighted by atomic mass is 10.2. The highest BCUT2D eigenvalue weighted by atomic mass is 35.5. The first kappa shape index (κ1) is 24.4. The van der Waals surface area contributed by atoms with Crippen molar-refractivity contribution in [3.05, 3.63) is 62.3 Å². The van der Waals surface area contributed by atoms with Crippen molar-refractivity contribution in [2.24, 2.45) is 14.1 Å². The zero-order valence-corrected chi connectivity index (χ0v) is 20.5. The minimum absolute atomic E-state index is 0.0610. The molecule has 12 heteroatoms. The SMILES string of the molecule is CCCN(Cc1nnc(-c2ccccc2Cl)o1)C(=O)CCCn1cnc2c1c(=O)n(C)c(=O)n2C. The lowest BCUT2D eigenvalue weighted by Gasteiger charge is -2.20. The number of amides is 1. The Morgan fingerprint density at radius 2 is 1.91 bits per heavy atom. The molecule has 0 saturated carbocycles. The van der Waals surface area contributed by atoms with E-state index in [1.54, 1.807) is 28.6 Å². The first-order valence-electron chi connectivity index (χ1n) is 11.3. The Labute approximate surface area is 205 Å². The van der Waals surface area contributed by atoms with Crippen molar-refractivity contribution in [1.82, 2.24) is 33.8 Å². The summed E-state index contributed by atoms with van der Waals surface area (Å²) in [4.78, 5) is 43.5. The van der Waals surface area contributed by atoms with E-state index in [4.69, 9.17) is 16.0 Å². The average Bonchev–Trinajstić information content (AvgIpc) is 3.49. The van der Waals surface area contributed by atoms with Gasteiger partial charge >= 0.3 is 5.69 Å². The van der Waals surface area contributed by atoms with Gasteiger partial charge in [-0.05, 0) is 25.0 Å². The highest BCUT2D eigenvalue weighted by molar-refractivity contribution is 6.33. The normalized spacial score (nSPS) is 11.3. The van der Waals surface area contributed by atoms with Crippen LogP contribution in [0.15, 0.2) is 44.6 Å². The number of benzene rings is 1. The smallest absolute Gasteiger partial charge is 0.332 e. The van der Waals surface area contributed by atoms with E-state index >= 15 is 0 Å². The third-order valence-electron chi connectivity index (χ3n) is 5.75. The lowest BCUT2D eigenvalue weighted by Crippen LogP contribution is -2.37. The molecule has 4 aromatic rings. The summed E-state index contributed by atoms with van der Waals surface area (Å²) >= 11 is 6.21. The second kappa shape index (κ2) is 10.3. The molecule has 4 rings (SSSR count). The molecule has 0 unspecified atom stereocenters. The third kappa shape index (κ3) is 4.90. The predicted octanol–water partition coefficient (Wildman–Crippen LogP) is 2.36. The summed E-state index contributed by atoms with van der Waals surface area (Å²) in [5.41, 5.74) is 0.452. The first-order chi connectivity index (χ1) is 16.8. The van der Waals surface area contributed by atoms with E-state index in [-0.39, 0.29) is 18.9 Å². The van der Waals surface area contributed by atoms with Crippen molar-refractivity contribution in [3.8, 4) is 11.5 Å². The molecule has 0 fully saturated rings. The molecule has 3 heterocycles. The van der Waals surface area contributed by atoms with Gasteiger partial charge in [-0.1, -0.05) is 30.7 Å². The minimum atomic E-state index is -0.433. The zero-order valence-electron chi connectivity index (χ0n) is 19.8. The standard InChI is InChI=1S/C23H26ClN7O4/c1-4-11-30(13-17-26-27-21(35-17)15-8-5-6-9-16(15)24)18(32)10-7-12-31-14-25-20-19(31)22(33)29(3)23(34)28(20)2/h5-6,8-9,14H,4,7,10-13H2,1-3H3. The van der Waals surface area contributed by atoms with Crippen LogP contribution in [-0.4, -0.2) is 46.2 Å². The number of hydrogen-bond acceptors (Lipinski definition) is 7. The summed E-state index contributed by atoms with van der Waals surface area (Å²) in [5, 5.41) is 8.65. The van der Waals surface area contributed by atoms with Crippen LogP contribution in [0, 0.1) is 0 Å². The maximum Gasteiger partial charge on any atom is 0.332 e. The van der Waals surface area contributed by atoms with Crippen LogP contribution in [0.2, 0.25) is 5.02 Å².